The molecule has 0 aliphatic carbocycles. The van der Waals surface area contributed by atoms with Crippen molar-refractivity contribution in [3.05, 3.63) is 58.1 Å². The second kappa shape index (κ2) is 12.1. The Kier molecular flexibility index (Phi) is 8.64. The van der Waals surface area contributed by atoms with Crippen LogP contribution in [0.3, 0.4) is 0 Å². The third kappa shape index (κ3) is 6.66. The monoisotopic (exact) mass is 496 g/mol. The molecule has 2 aromatic rings. The highest BCUT2D eigenvalue weighted by atomic mass is 16.6. The van der Waals surface area contributed by atoms with Gasteiger partial charge in [-0.05, 0) is 32.0 Å². The van der Waals surface area contributed by atoms with Gasteiger partial charge in [-0.1, -0.05) is 17.7 Å². The normalized spacial score (nSPS) is 17.2. The SMILES string of the molecule is CCOc1cc(OC2CCN(C(=O)CCN3CCN(c4ccc(C)cc4)CC3)CC2)ccc1[N+](=O)[O-]. The summed E-state index contributed by atoms with van der Waals surface area (Å²) in [5.74, 6) is 0.967. The maximum Gasteiger partial charge on any atom is 0.311 e. The summed E-state index contributed by atoms with van der Waals surface area (Å²) in [7, 11) is 0. The van der Waals surface area contributed by atoms with Crippen molar-refractivity contribution in [3.8, 4) is 11.5 Å². The highest BCUT2D eigenvalue weighted by Crippen LogP contribution is 2.32. The maximum absolute atomic E-state index is 12.8. The first-order chi connectivity index (χ1) is 17.4. The fourth-order valence-electron chi connectivity index (χ4n) is 4.80. The molecule has 0 radical (unpaired) electrons. The van der Waals surface area contributed by atoms with Crippen LogP contribution in [0.5, 0.6) is 11.5 Å². The number of hydrogen-bond donors (Lipinski definition) is 0. The molecule has 0 spiro atoms. The van der Waals surface area contributed by atoms with Gasteiger partial charge in [-0.3, -0.25) is 19.8 Å². The Labute approximate surface area is 212 Å². The average molecular weight is 497 g/mol. The van der Waals surface area contributed by atoms with E-state index in [1.807, 2.05) is 4.90 Å². The molecule has 0 unspecified atom stereocenters. The first kappa shape index (κ1) is 25.8. The Hall–Kier alpha value is -3.33. The number of piperidine rings is 1. The molecule has 0 N–H and O–H groups in total. The topological polar surface area (TPSA) is 88.4 Å². The number of piperazine rings is 1. The Morgan fingerprint density at radius 3 is 2.36 bits per heavy atom. The quantitative estimate of drug-likeness (QED) is 0.384. The molecule has 0 saturated carbocycles. The number of likely N-dealkylation sites (tertiary alicyclic amines) is 1. The van der Waals surface area contributed by atoms with Crippen LogP contribution in [0.25, 0.3) is 0 Å². The van der Waals surface area contributed by atoms with Crippen LogP contribution in [-0.2, 0) is 4.79 Å². The van der Waals surface area contributed by atoms with E-state index >= 15 is 0 Å². The molecule has 1 amide bonds. The molecular weight excluding hydrogens is 460 g/mol. The van der Waals surface area contributed by atoms with Gasteiger partial charge in [-0.15, -0.1) is 0 Å². The first-order valence-corrected chi connectivity index (χ1v) is 12.8. The van der Waals surface area contributed by atoms with E-state index in [2.05, 4.69) is 41.0 Å². The van der Waals surface area contributed by atoms with Crippen LogP contribution in [-0.4, -0.2) is 79.2 Å². The predicted molar refractivity (Wildman–Crippen MR) is 139 cm³/mol. The second-order valence-electron chi connectivity index (χ2n) is 9.43. The van der Waals surface area contributed by atoms with Gasteiger partial charge < -0.3 is 19.3 Å². The van der Waals surface area contributed by atoms with Gasteiger partial charge in [0.25, 0.3) is 0 Å². The fourth-order valence-corrected chi connectivity index (χ4v) is 4.80. The smallest absolute Gasteiger partial charge is 0.311 e. The minimum absolute atomic E-state index is 0.0279. The van der Waals surface area contributed by atoms with Gasteiger partial charge in [-0.2, -0.15) is 0 Å². The number of carbonyl (C=O) groups excluding carboxylic acids is 1. The van der Waals surface area contributed by atoms with Gasteiger partial charge in [0, 0.05) is 82.9 Å². The molecule has 2 fully saturated rings. The maximum atomic E-state index is 12.8. The number of anilines is 1. The molecule has 4 rings (SSSR count). The van der Waals surface area contributed by atoms with Gasteiger partial charge in [-0.25, -0.2) is 0 Å². The third-order valence-corrected chi connectivity index (χ3v) is 6.94. The highest BCUT2D eigenvalue weighted by molar-refractivity contribution is 5.76. The molecule has 9 heteroatoms. The third-order valence-electron chi connectivity index (χ3n) is 6.94. The zero-order valence-corrected chi connectivity index (χ0v) is 21.2. The Morgan fingerprint density at radius 2 is 1.72 bits per heavy atom. The molecular formula is C27H36N4O5. The number of aryl methyl sites for hydroxylation is 1. The van der Waals surface area contributed by atoms with Crippen LogP contribution >= 0.6 is 0 Å². The molecule has 2 aliphatic rings. The summed E-state index contributed by atoms with van der Waals surface area (Å²) < 4.78 is 11.5. The molecule has 2 heterocycles. The number of carbonyl (C=O) groups is 1. The number of nitro groups is 1. The first-order valence-electron chi connectivity index (χ1n) is 12.8. The number of hydrogen-bond acceptors (Lipinski definition) is 7. The largest absolute Gasteiger partial charge is 0.490 e. The van der Waals surface area contributed by atoms with Crippen molar-refractivity contribution in [3.63, 3.8) is 0 Å². The van der Waals surface area contributed by atoms with Gasteiger partial charge in [0.1, 0.15) is 11.9 Å². The summed E-state index contributed by atoms with van der Waals surface area (Å²) in [6, 6.07) is 13.3. The van der Waals surface area contributed by atoms with Crippen molar-refractivity contribution in [1.29, 1.82) is 0 Å². The summed E-state index contributed by atoms with van der Waals surface area (Å²) in [5.41, 5.74) is 2.47. The molecule has 2 saturated heterocycles. The predicted octanol–water partition coefficient (Wildman–Crippen LogP) is 3.88. The van der Waals surface area contributed by atoms with Gasteiger partial charge in [0.2, 0.25) is 11.7 Å². The zero-order chi connectivity index (χ0) is 25.5. The summed E-state index contributed by atoms with van der Waals surface area (Å²) >= 11 is 0. The standard InChI is InChI=1S/C27H36N4O5/c1-3-35-26-20-24(8-9-25(26)31(33)34)36-23-10-14-30(15-11-23)27(32)12-13-28-16-18-29(19-17-28)22-6-4-21(2)5-7-22/h4-9,20,23H,3,10-19H2,1-2H3. The molecule has 194 valence electrons. The van der Waals surface area contributed by atoms with Crippen LogP contribution in [0.2, 0.25) is 0 Å². The summed E-state index contributed by atoms with van der Waals surface area (Å²) in [4.78, 5) is 30.3. The van der Waals surface area contributed by atoms with Gasteiger partial charge in [0.15, 0.2) is 0 Å². The molecule has 0 aromatic heterocycles. The van der Waals surface area contributed by atoms with E-state index in [1.165, 1.54) is 17.3 Å². The minimum Gasteiger partial charge on any atom is -0.490 e. The summed E-state index contributed by atoms with van der Waals surface area (Å²) in [6.07, 6.45) is 1.99. The van der Waals surface area contributed by atoms with Crippen LogP contribution < -0.4 is 14.4 Å². The molecule has 0 atom stereocenters. The van der Waals surface area contributed by atoms with Crippen LogP contribution in [0.1, 0.15) is 31.7 Å². The van der Waals surface area contributed by atoms with Crippen LogP contribution in [0.15, 0.2) is 42.5 Å². The van der Waals surface area contributed by atoms with Crippen molar-refractivity contribution in [2.75, 3.05) is 57.3 Å². The van der Waals surface area contributed by atoms with E-state index in [-0.39, 0.29) is 23.4 Å². The molecule has 0 bridgehead atoms. The Bertz CT molecular complexity index is 1030. The van der Waals surface area contributed by atoms with Crippen molar-refractivity contribution in [2.45, 2.75) is 39.2 Å². The zero-order valence-electron chi connectivity index (χ0n) is 21.2. The lowest BCUT2D eigenvalue weighted by Crippen LogP contribution is -2.48. The Balaban J connectivity index is 1.18. The molecule has 2 aromatic carbocycles. The van der Waals surface area contributed by atoms with Crippen LogP contribution in [0, 0.1) is 17.0 Å². The van der Waals surface area contributed by atoms with Crippen LogP contribution in [0.4, 0.5) is 11.4 Å². The average Bonchev–Trinajstić information content (AvgIpc) is 2.89. The van der Waals surface area contributed by atoms with E-state index in [4.69, 9.17) is 9.47 Å². The lowest BCUT2D eigenvalue weighted by molar-refractivity contribution is -0.385. The number of nitro benzene ring substituents is 1. The summed E-state index contributed by atoms with van der Waals surface area (Å²) in [6.45, 7) is 10.2. The van der Waals surface area contributed by atoms with Crippen molar-refractivity contribution in [1.82, 2.24) is 9.80 Å². The minimum atomic E-state index is -0.456. The van der Waals surface area contributed by atoms with E-state index in [1.54, 1.807) is 19.1 Å². The number of rotatable bonds is 9. The lowest BCUT2D eigenvalue weighted by Gasteiger charge is -2.37. The van der Waals surface area contributed by atoms with Gasteiger partial charge in [0.05, 0.1) is 11.5 Å². The fraction of sp³-hybridized carbons (Fsp3) is 0.519. The number of benzene rings is 2. The molecule has 9 nitrogen and oxygen atoms in total. The van der Waals surface area contributed by atoms with Gasteiger partial charge >= 0.3 is 5.69 Å². The van der Waals surface area contributed by atoms with E-state index in [9.17, 15) is 14.9 Å². The second-order valence-corrected chi connectivity index (χ2v) is 9.43. The lowest BCUT2D eigenvalue weighted by atomic mass is 10.1. The number of ether oxygens (including phenoxy) is 2. The Morgan fingerprint density at radius 1 is 1.03 bits per heavy atom. The number of nitrogens with zero attached hydrogens (tertiary/aromatic N) is 4. The van der Waals surface area contributed by atoms with E-state index in [0.29, 0.717) is 31.9 Å². The molecule has 2 aliphatic heterocycles. The highest BCUT2D eigenvalue weighted by Gasteiger charge is 2.26. The van der Waals surface area contributed by atoms with E-state index in [0.717, 1.165) is 45.6 Å². The van der Waals surface area contributed by atoms with Crippen molar-refractivity contribution in [2.24, 2.45) is 0 Å². The van der Waals surface area contributed by atoms with Crippen molar-refractivity contribution < 1.29 is 19.2 Å². The van der Waals surface area contributed by atoms with Crippen molar-refractivity contribution >= 4 is 17.3 Å². The van der Waals surface area contributed by atoms with E-state index < -0.39 is 4.92 Å². The molecule has 36 heavy (non-hydrogen) atoms. The summed E-state index contributed by atoms with van der Waals surface area (Å²) in [5, 5.41) is 11.2. The number of amides is 1.